The van der Waals surface area contributed by atoms with Gasteiger partial charge in [-0.15, -0.1) is 11.8 Å². The Hall–Kier alpha value is -0.510. The van der Waals surface area contributed by atoms with Crippen LogP contribution in [0.25, 0.3) is 0 Å². The second kappa shape index (κ2) is 4.50. The number of benzene rings is 1. The molecule has 1 aromatic rings. The highest BCUT2D eigenvalue weighted by molar-refractivity contribution is 7.98. The molecule has 0 radical (unpaired) electrons. The van der Waals surface area contributed by atoms with Crippen LogP contribution in [-0.4, -0.2) is 6.26 Å². The highest BCUT2D eigenvalue weighted by Crippen LogP contribution is 2.18. The summed E-state index contributed by atoms with van der Waals surface area (Å²) in [5.41, 5.74) is 2.38. The van der Waals surface area contributed by atoms with Gasteiger partial charge < -0.3 is 0 Å². The van der Waals surface area contributed by atoms with Gasteiger partial charge in [0.15, 0.2) is 0 Å². The molecule has 0 atom stereocenters. The summed E-state index contributed by atoms with van der Waals surface area (Å²) >= 11 is 1.74. The molecule has 0 aliphatic heterocycles. The average molecular weight is 183 g/mol. The van der Waals surface area contributed by atoms with Crippen molar-refractivity contribution in [1.29, 1.82) is 0 Å². The lowest BCUT2D eigenvalue weighted by molar-refractivity contribution is 0.123. The molecule has 2 N–H and O–H groups in total. The van der Waals surface area contributed by atoms with Crippen LogP contribution in [-0.2, 0) is 11.4 Å². The molecular formula is C9H13NOS. The normalized spacial score (nSPS) is 10.2. The molecule has 0 aromatic heterocycles. The summed E-state index contributed by atoms with van der Waals surface area (Å²) in [6.07, 6.45) is 2.06. The third-order valence-electron chi connectivity index (χ3n) is 1.79. The van der Waals surface area contributed by atoms with E-state index in [1.54, 1.807) is 11.8 Å². The largest absolute Gasteiger partial charge is 0.300 e. The van der Waals surface area contributed by atoms with Crippen LogP contribution in [0.1, 0.15) is 11.1 Å². The van der Waals surface area contributed by atoms with E-state index in [4.69, 9.17) is 5.90 Å². The van der Waals surface area contributed by atoms with Crippen LogP contribution in [0.2, 0.25) is 0 Å². The van der Waals surface area contributed by atoms with Crippen LogP contribution in [0.4, 0.5) is 0 Å². The average Bonchev–Trinajstić information content (AvgIpc) is 2.09. The van der Waals surface area contributed by atoms with Crippen LogP contribution >= 0.6 is 11.8 Å². The molecule has 0 bridgehead atoms. The van der Waals surface area contributed by atoms with Gasteiger partial charge in [0.05, 0.1) is 6.61 Å². The number of hydrogen-bond donors (Lipinski definition) is 1. The molecule has 0 saturated carbocycles. The van der Waals surface area contributed by atoms with Gasteiger partial charge in [0, 0.05) is 4.90 Å². The van der Waals surface area contributed by atoms with Crippen LogP contribution in [0, 0.1) is 6.92 Å². The first-order chi connectivity index (χ1) is 5.77. The van der Waals surface area contributed by atoms with Crippen molar-refractivity contribution in [2.45, 2.75) is 18.4 Å². The minimum Gasteiger partial charge on any atom is -0.300 e. The molecule has 0 amide bonds. The lowest BCUT2D eigenvalue weighted by Gasteiger charge is -2.05. The van der Waals surface area contributed by atoms with Crippen molar-refractivity contribution < 1.29 is 4.84 Å². The Morgan fingerprint density at radius 2 is 2.25 bits per heavy atom. The summed E-state index contributed by atoms with van der Waals surface area (Å²) in [5.74, 6) is 4.99. The van der Waals surface area contributed by atoms with E-state index in [1.807, 2.05) is 6.07 Å². The molecule has 12 heavy (non-hydrogen) atoms. The van der Waals surface area contributed by atoms with E-state index in [0.717, 1.165) is 5.56 Å². The molecule has 1 aromatic carbocycles. The fraction of sp³-hybridized carbons (Fsp3) is 0.333. The van der Waals surface area contributed by atoms with Crippen LogP contribution < -0.4 is 5.90 Å². The van der Waals surface area contributed by atoms with Crippen molar-refractivity contribution in [3.05, 3.63) is 29.3 Å². The molecule has 0 fully saturated rings. The zero-order valence-electron chi connectivity index (χ0n) is 7.33. The minimum absolute atomic E-state index is 0.487. The molecule has 0 spiro atoms. The molecule has 0 aliphatic rings. The molecule has 0 unspecified atom stereocenters. The van der Waals surface area contributed by atoms with Gasteiger partial charge in [-0.25, -0.2) is 5.90 Å². The zero-order valence-corrected chi connectivity index (χ0v) is 8.15. The standard InChI is InChI=1S/C9H13NOS/c1-7-5-9(12-2)4-3-8(7)6-11-10/h3-5H,6,10H2,1-2H3. The lowest BCUT2D eigenvalue weighted by atomic mass is 10.1. The van der Waals surface area contributed by atoms with Crippen molar-refractivity contribution in [3.63, 3.8) is 0 Å². The summed E-state index contributed by atoms with van der Waals surface area (Å²) in [7, 11) is 0. The molecule has 1 rings (SSSR count). The number of rotatable bonds is 3. The van der Waals surface area contributed by atoms with Crippen LogP contribution in [0.3, 0.4) is 0 Å². The van der Waals surface area contributed by atoms with E-state index in [9.17, 15) is 0 Å². The molecule has 0 saturated heterocycles. The number of hydrogen-bond acceptors (Lipinski definition) is 3. The van der Waals surface area contributed by atoms with E-state index >= 15 is 0 Å². The van der Waals surface area contributed by atoms with Crippen molar-refractivity contribution in [3.8, 4) is 0 Å². The lowest BCUT2D eigenvalue weighted by Crippen LogP contribution is -2.00. The SMILES string of the molecule is CSc1ccc(CON)c(C)c1. The first-order valence-corrected chi connectivity index (χ1v) is 4.95. The number of thioether (sulfide) groups is 1. The van der Waals surface area contributed by atoms with Crippen molar-refractivity contribution in [2.75, 3.05) is 6.26 Å². The monoisotopic (exact) mass is 183 g/mol. The summed E-state index contributed by atoms with van der Waals surface area (Å²) in [6.45, 7) is 2.55. The quantitative estimate of drug-likeness (QED) is 0.576. The maximum Gasteiger partial charge on any atom is 0.0932 e. The van der Waals surface area contributed by atoms with Crippen LogP contribution in [0.15, 0.2) is 23.1 Å². The van der Waals surface area contributed by atoms with E-state index in [2.05, 4.69) is 30.1 Å². The van der Waals surface area contributed by atoms with E-state index in [1.165, 1.54) is 10.5 Å². The third kappa shape index (κ3) is 2.24. The Balaban J connectivity index is 2.87. The van der Waals surface area contributed by atoms with Gasteiger partial charge in [0.25, 0.3) is 0 Å². The minimum atomic E-state index is 0.487. The van der Waals surface area contributed by atoms with Gasteiger partial charge >= 0.3 is 0 Å². The van der Waals surface area contributed by atoms with E-state index in [0.29, 0.717) is 6.61 Å². The van der Waals surface area contributed by atoms with E-state index < -0.39 is 0 Å². The Morgan fingerprint density at radius 1 is 1.50 bits per heavy atom. The maximum absolute atomic E-state index is 4.99. The van der Waals surface area contributed by atoms with Gasteiger partial charge in [-0.3, -0.25) is 4.84 Å². The second-order valence-electron chi connectivity index (χ2n) is 2.60. The summed E-state index contributed by atoms with van der Waals surface area (Å²) in [6, 6.07) is 6.26. The smallest absolute Gasteiger partial charge is 0.0932 e. The van der Waals surface area contributed by atoms with Gasteiger partial charge in [-0.2, -0.15) is 0 Å². The highest BCUT2D eigenvalue weighted by atomic mass is 32.2. The van der Waals surface area contributed by atoms with Gasteiger partial charge in [-0.05, 0) is 36.4 Å². The third-order valence-corrected chi connectivity index (χ3v) is 2.51. The van der Waals surface area contributed by atoms with Gasteiger partial charge in [0.2, 0.25) is 0 Å². The summed E-state index contributed by atoms with van der Waals surface area (Å²) in [5, 5.41) is 0. The first kappa shape index (κ1) is 9.58. The Bertz CT molecular complexity index is 263. The first-order valence-electron chi connectivity index (χ1n) is 3.73. The van der Waals surface area contributed by atoms with Crippen LogP contribution in [0.5, 0.6) is 0 Å². The zero-order chi connectivity index (χ0) is 8.97. The predicted octanol–water partition coefficient (Wildman–Crippen LogP) is 2.11. The summed E-state index contributed by atoms with van der Waals surface area (Å²) < 4.78 is 0. The molecule has 2 nitrogen and oxygen atoms in total. The predicted molar refractivity (Wildman–Crippen MR) is 51.9 cm³/mol. The molecule has 0 heterocycles. The molecule has 66 valence electrons. The molecule has 0 aliphatic carbocycles. The fourth-order valence-corrected chi connectivity index (χ4v) is 1.55. The Kier molecular flexibility index (Phi) is 3.59. The maximum atomic E-state index is 4.99. The number of aryl methyl sites for hydroxylation is 1. The van der Waals surface area contributed by atoms with Crippen molar-refractivity contribution >= 4 is 11.8 Å². The second-order valence-corrected chi connectivity index (χ2v) is 3.48. The Labute approximate surface area is 77.1 Å². The topological polar surface area (TPSA) is 35.2 Å². The highest BCUT2D eigenvalue weighted by Gasteiger charge is 1.98. The van der Waals surface area contributed by atoms with Crippen molar-refractivity contribution in [1.82, 2.24) is 0 Å². The van der Waals surface area contributed by atoms with E-state index in [-0.39, 0.29) is 0 Å². The molecule has 3 heteroatoms. The molecular weight excluding hydrogens is 170 g/mol. The van der Waals surface area contributed by atoms with Gasteiger partial charge in [0.1, 0.15) is 0 Å². The number of nitrogens with two attached hydrogens (primary N) is 1. The summed E-state index contributed by atoms with van der Waals surface area (Å²) in [4.78, 5) is 5.85. The van der Waals surface area contributed by atoms with Gasteiger partial charge in [-0.1, -0.05) is 6.07 Å². The Morgan fingerprint density at radius 3 is 2.75 bits per heavy atom. The fourth-order valence-electron chi connectivity index (χ4n) is 1.05. The van der Waals surface area contributed by atoms with Crippen molar-refractivity contribution in [2.24, 2.45) is 5.90 Å².